The van der Waals surface area contributed by atoms with Crippen LogP contribution in [0.3, 0.4) is 0 Å². The van der Waals surface area contributed by atoms with Gasteiger partial charge in [-0.25, -0.2) is 13.2 Å². The van der Waals surface area contributed by atoms with Crippen LogP contribution in [0, 0.1) is 23.4 Å². The summed E-state index contributed by atoms with van der Waals surface area (Å²) in [6, 6.07) is 1.60. The van der Waals surface area contributed by atoms with Crippen LogP contribution in [0.5, 0.6) is 0 Å². The van der Waals surface area contributed by atoms with Crippen LogP contribution in [0.25, 0.3) is 0 Å². The van der Waals surface area contributed by atoms with Gasteiger partial charge in [0.05, 0.1) is 5.69 Å². The van der Waals surface area contributed by atoms with E-state index in [1.165, 1.54) is 0 Å². The Kier molecular flexibility index (Phi) is 3.22. The van der Waals surface area contributed by atoms with Gasteiger partial charge in [0.15, 0.2) is 17.5 Å². The maximum absolute atomic E-state index is 13.3. The van der Waals surface area contributed by atoms with Gasteiger partial charge in [-0.1, -0.05) is 0 Å². The number of anilines is 1. The molecule has 96 valence electrons. The minimum atomic E-state index is -1.66. The zero-order valence-electron chi connectivity index (χ0n) is 9.10. The Bertz CT molecular complexity index is 519. The van der Waals surface area contributed by atoms with Gasteiger partial charge in [0.2, 0.25) is 11.8 Å². The van der Waals surface area contributed by atoms with Gasteiger partial charge in [0, 0.05) is 6.54 Å². The Morgan fingerprint density at radius 1 is 1.28 bits per heavy atom. The summed E-state index contributed by atoms with van der Waals surface area (Å²) in [4.78, 5) is 22.8. The van der Waals surface area contributed by atoms with Crippen LogP contribution in [0.2, 0.25) is 0 Å². The summed E-state index contributed by atoms with van der Waals surface area (Å²) in [5.74, 6) is -6.63. The molecule has 18 heavy (non-hydrogen) atoms. The highest BCUT2D eigenvalue weighted by Crippen LogP contribution is 2.21. The zero-order chi connectivity index (χ0) is 13.3. The third-order valence-electron chi connectivity index (χ3n) is 2.66. The molecule has 4 nitrogen and oxygen atoms in total. The minimum absolute atomic E-state index is 0.288. The third kappa shape index (κ3) is 2.15. The first-order valence-corrected chi connectivity index (χ1v) is 5.23. The van der Waals surface area contributed by atoms with Crippen LogP contribution in [0.1, 0.15) is 6.42 Å². The summed E-state index contributed by atoms with van der Waals surface area (Å²) in [6.45, 7) is 0.358. The first-order chi connectivity index (χ1) is 8.50. The Morgan fingerprint density at radius 3 is 2.61 bits per heavy atom. The van der Waals surface area contributed by atoms with Crippen molar-refractivity contribution in [3.8, 4) is 0 Å². The third-order valence-corrected chi connectivity index (χ3v) is 2.66. The van der Waals surface area contributed by atoms with E-state index in [1.807, 2.05) is 0 Å². The topological polar surface area (TPSA) is 58.2 Å². The normalized spacial score (nSPS) is 18.6. The van der Waals surface area contributed by atoms with Crippen molar-refractivity contribution in [2.75, 3.05) is 11.9 Å². The Labute approximate surface area is 100 Å². The molecule has 2 rings (SSSR count). The first kappa shape index (κ1) is 12.4. The number of hydrogen-bond acceptors (Lipinski definition) is 2. The lowest BCUT2D eigenvalue weighted by Gasteiger charge is -2.10. The maximum atomic E-state index is 13.3. The molecule has 0 aliphatic carbocycles. The van der Waals surface area contributed by atoms with E-state index in [4.69, 9.17) is 0 Å². The second-order valence-electron chi connectivity index (χ2n) is 3.84. The molecule has 2 amide bonds. The quantitative estimate of drug-likeness (QED) is 0.618. The van der Waals surface area contributed by atoms with Gasteiger partial charge < -0.3 is 10.6 Å². The molecular weight excluding hydrogens is 249 g/mol. The summed E-state index contributed by atoms with van der Waals surface area (Å²) in [6.07, 6.45) is 0.288. The van der Waals surface area contributed by atoms with E-state index < -0.39 is 40.9 Å². The molecule has 0 spiro atoms. The van der Waals surface area contributed by atoms with Gasteiger partial charge in [0.25, 0.3) is 0 Å². The fraction of sp³-hybridized carbons (Fsp3) is 0.273. The molecule has 1 aromatic rings. The lowest BCUT2D eigenvalue weighted by atomic mass is 10.1. The average Bonchev–Trinajstić information content (AvgIpc) is 2.76. The SMILES string of the molecule is O=C1NCCC1C(=O)Nc1ccc(F)c(F)c1F. The van der Waals surface area contributed by atoms with Gasteiger partial charge in [-0.15, -0.1) is 0 Å². The van der Waals surface area contributed by atoms with Crippen molar-refractivity contribution in [3.63, 3.8) is 0 Å². The van der Waals surface area contributed by atoms with Crippen molar-refractivity contribution < 1.29 is 22.8 Å². The molecule has 1 unspecified atom stereocenters. The van der Waals surface area contributed by atoms with Gasteiger partial charge in [-0.05, 0) is 18.6 Å². The number of amides is 2. The summed E-state index contributed by atoms with van der Waals surface area (Å²) in [5.41, 5.74) is -0.487. The standard InChI is InChI=1S/C11H9F3N2O2/c12-6-1-2-7(9(14)8(6)13)16-11(18)5-3-4-15-10(5)17/h1-2,5H,3-4H2,(H,15,17)(H,16,18). The predicted molar refractivity (Wildman–Crippen MR) is 56.1 cm³/mol. The van der Waals surface area contributed by atoms with Crippen molar-refractivity contribution in [2.45, 2.75) is 6.42 Å². The number of halogens is 3. The molecule has 1 heterocycles. The van der Waals surface area contributed by atoms with Crippen LogP contribution in [0.4, 0.5) is 18.9 Å². The molecule has 0 aromatic heterocycles. The van der Waals surface area contributed by atoms with Gasteiger partial charge >= 0.3 is 0 Å². The monoisotopic (exact) mass is 258 g/mol. The molecular formula is C11H9F3N2O2. The second-order valence-corrected chi connectivity index (χ2v) is 3.84. The highest BCUT2D eigenvalue weighted by molar-refractivity contribution is 6.07. The molecule has 1 atom stereocenters. The number of nitrogens with one attached hydrogen (secondary N) is 2. The fourth-order valence-corrected chi connectivity index (χ4v) is 1.69. The molecule has 1 aromatic carbocycles. The van der Waals surface area contributed by atoms with Crippen molar-refractivity contribution in [3.05, 3.63) is 29.6 Å². The van der Waals surface area contributed by atoms with Gasteiger partial charge in [-0.3, -0.25) is 9.59 Å². The summed E-state index contributed by atoms with van der Waals surface area (Å²) in [5, 5.41) is 4.51. The van der Waals surface area contributed by atoms with E-state index in [9.17, 15) is 22.8 Å². The van der Waals surface area contributed by atoms with E-state index >= 15 is 0 Å². The van der Waals surface area contributed by atoms with E-state index in [0.29, 0.717) is 12.6 Å². The summed E-state index contributed by atoms with van der Waals surface area (Å²) < 4.78 is 38.9. The fourth-order valence-electron chi connectivity index (χ4n) is 1.69. The molecule has 1 fully saturated rings. The number of carbonyl (C=O) groups excluding carboxylic acids is 2. The lowest BCUT2D eigenvalue weighted by molar-refractivity contribution is -0.130. The molecule has 1 aliphatic heterocycles. The lowest BCUT2D eigenvalue weighted by Crippen LogP contribution is -2.30. The van der Waals surface area contributed by atoms with Crippen LogP contribution >= 0.6 is 0 Å². The molecule has 1 saturated heterocycles. The van der Waals surface area contributed by atoms with E-state index in [2.05, 4.69) is 10.6 Å². The molecule has 0 saturated carbocycles. The van der Waals surface area contributed by atoms with E-state index in [0.717, 1.165) is 6.07 Å². The van der Waals surface area contributed by atoms with E-state index in [1.54, 1.807) is 0 Å². The Morgan fingerprint density at radius 2 is 2.00 bits per heavy atom. The summed E-state index contributed by atoms with van der Waals surface area (Å²) >= 11 is 0. The second kappa shape index (κ2) is 4.67. The maximum Gasteiger partial charge on any atom is 0.237 e. The predicted octanol–water partition coefficient (Wildman–Crippen LogP) is 1.18. The smallest absolute Gasteiger partial charge is 0.237 e. The zero-order valence-corrected chi connectivity index (χ0v) is 9.10. The molecule has 7 heteroatoms. The average molecular weight is 258 g/mol. The van der Waals surface area contributed by atoms with Crippen LogP contribution in [-0.2, 0) is 9.59 Å². The van der Waals surface area contributed by atoms with Crippen molar-refractivity contribution >= 4 is 17.5 Å². The largest absolute Gasteiger partial charge is 0.355 e. The van der Waals surface area contributed by atoms with Crippen LogP contribution in [-0.4, -0.2) is 18.4 Å². The van der Waals surface area contributed by atoms with Crippen molar-refractivity contribution in [2.24, 2.45) is 5.92 Å². The minimum Gasteiger partial charge on any atom is -0.355 e. The van der Waals surface area contributed by atoms with Gasteiger partial charge in [0.1, 0.15) is 5.92 Å². The Hall–Kier alpha value is -2.05. The molecule has 0 bridgehead atoms. The van der Waals surface area contributed by atoms with Crippen molar-refractivity contribution in [1.29, 1.82) is 0 Å². The number of hydrogen-bond donors (Lipinski definition) is 2. The van der Waals surface area contributed by atoms with Crippen LogP contribution < -0.4 is 10.6 Å². The molecule has 0 radical (unpaired) electrons. The van der Waals surface area contributed by atoms with E-state index in [-0.39, 0.29) is 6.42 Å². The highest BCUT2D eigenvalue weighted by Gasteiger charge is 2.31. The first-order valence-electron chi connectivity index (χ1n) is 5.23. The number of rotatable bonds is 2. The number of carbonyl (C=O) groups is 2. The van der Waals surface area contributed by atoms with Crippen molar-refractivity contribution in [1.82, 2.24) is 5.32 Å². The highest BCUT2D eigenvalue weighted by atomic mass is 19.2. The molecule has 1 aliphatic rings. The number of benzene rings is 1. The summed E-state index contributed by atoms with van der Waals surface area (Å²) in [7, 11) is 0. The van der Waals surface area contributed by atoms with Gasteiger partial charge in [-0.2, -0.15) is 0 Å². The van der Waals surface area contributed by atoms with Crippen LogP contribution in [0.15, 0.2) is 12.1 Å². The molecule has 2 N–H and O–H groups in total. The Balaban J connectivity index is 2.17.